The highest BCUT2D eigenvalue weighted by Crippen LogP contribution is 2.38. The van der Waals surface area contributed by atoms with Crippen LogP contribution >= 0.6 is 11.6 Å². The molecule has 0 aromatic heterocycles. The lowest BCUT2D eigenvalue weighted by atomic mass is 9.76. The van der Waals surface area contributed by atoms with Gasteiger partial charge in [-0.1, -0.05) is 87.2 Å². The van der Waals surface area contributed by atoms with Gasteiger partial charge in [0.25, 0.3) is 5.91 Å². The molecule has 46 heavy (non-hydrogen) atoms. The van der Waals surface area contributed by atoms with Crippen molar-refractivity contribution in [3.8, 4) is 5.75 Å². The third-order valence-corrected chi connectivity index (χ3v) is 10.9. The van der Waals surface area contributed by atoms with Gasteiger partial charge in [-0.3, -0.25) is 4.79 Å². The molecule has 1 amide bonds. The number of hydrogen-bond acceptors (Lipinski definition) is 6. The number of aliphatic hydroxyl groups is 1. The lowest BCUT2D eigenvalue weighted by molar-refractivity contribution is 0.0788. The molecule has 3 aromatic rings. The monoisotopic (exact) mass is 669 g/mol. The van der Waals surface area contributed by atoms with Crippen LogP contribution < -0.4 is 15.4 Å². The van der Waals surface area contributed by atoms with Gasteiger partial charge in [-0.2, -0.15) is 4.31 Å². The van der Waals surface area contributed by atoms with Gasteiger partial charge in [-0.05, 0) is 73.6 Å². The molecule has 0 unspecified atom stereocenters. The number of nitrogens with zero attached hydrogens (tertiary/aromatic N) is 1. The molecule has 0 heterocycles. The van der Waals surface area contributed by atoms with Crippen molar-refractivity contribution in [2.45, 2.75) is 87.8 Å². The fourth-order valence-corrected chi connectivity index (χ4v) is 8.33. The van der Waals surface area contributed by atoms with Crippen LogP contribution in [0.2, 0.25) is 5.02 Å². The standard InChI is InChI=1S/C36H48ClN3O5S/c1-4-19-40(20-5-2)46(43,44)32-23-28(22-30(37)25-32)35(42)39-33(21-27-13-8-6-9-14-27)34(41)26-38-36(17-10-7-11-18-36)29-15-12-16-31(24-29)45-3/h6,8-9,12-16,22-25,33-34,38,41H,4-5,7,10-11,17-21,26H2,1-3H3,(H,39,42)/t33-,34+/m0/s1. The van der Waals surface area contributed by atoms with E-state index in [0.29, 0.717) is 32.4 Å². The Morgan fingerprint density at radius 1 is 0.978 bits per heavy atom. The molecule has 8 nitrogen and oxygen atoms in total. The van der Waals surface area contributed by atoms with Gasteiger partial charge < -0.3 is 20.5 Å². The smallest absolute Gasteiger partial charge is 0.251 e. The van der Waals surface area contributed by atoms with E-state index in [4.69, 9.17) is 16.3 Å². The maximum atomic E-state index is 13.7. The number of rotatable bonds is 16. The van der Waals surface area contributed by atoms with Gasteiger partial charge in [-0.25, -0.2) is 8.42 Å². The molecule has 1 aliphatic rings. The van der Waals surface area contributed by atoms with Crippen LogP contribution in [0.4, 0.5) is 0 Å². The molecular weight excluding hydrogens is 622 g/mol. The van der Waals surface area contributed by atoms with Crippen LogP contribution in [0, 0.1) is 0 Å². The number of carbonyl (C=O) groups is 1. The maximum absolute atomic E-state index is 13.7. The second-order valence-corrected chi connectivity index (χ2v) is 14.5. The third-order valence-electron chi connectivity index (χ3n) is 8.78. The summed E-state index contributed by atoms with van der Waals surface area (Å²) in [4.78, 5) is 13.7. The zero-order chi connectivity index (χ0) is 33.2. The van der Waals surface area contributed by atoms with Crippen LogP contribution in [-0.4, -0.2) is 62.6 Å². The first-order valence-electron chi connectivity index (χ1n) is 16.3. The lowest BCUT2D eigenvalue weighted by Gasteiger charge is -2.40. The molecule has 3 aromatic carbocycles. The van der Waals surface area contributed by atoms with Gasteiger partial charge in [-0.15, -0.1) is 0 Å². The Morgan fingerprint density at radius 3 is 2.33 bits per heavy atom. The minimum atomic E-state index is -3.86. The first kappa shape index (κ1) is 35.9. The first-order chi connectivity index (χ1) is 22.1. The van der Waals surface area contributed by atoms with E-state index >= 15 is 0 Å². The van der Waals surface area contributed by atoms with E-state index < -0.39 is 28.1 Å². The number of hydrogen-bond donors (Lipinski definition) is 3. The second-order valence-electron chi connectivity index (χ2n) is 12.2. The summed E-state index contributed by atoms with van der Waals surface area (Å²) in [6.07, 6.45) is 5.92. The number of amides is 1. The van der Waals surface area contributed by atoms with E-state index in [0.717, 1.165) is 49.0 Å². The van der Waals surface area contributed by atoms with Crippen LogP contribution in [0.25, 0.3) is 0 Å². The van der Waals surface area contributed by atoms with Crippen molar-refractivity contribution in [2.24, 2.45) is 0 Å². The first-order valence-corrected chi connectivity index (χ1v) is 18.2. The molecule has 1 aliphatic carbocycles. The number of nitrogens with one attached hydrogen (secondary N) is 2. The average molecular weight is 670 g/mol. The summed E-state index contributed by atoms with van der Waals surface area (Å²) < 4.78 is 34.0. The Labute approximate surface area is 279 Å². The maximum Gasteiger partial charge on any atom is 0.251 e. The van der Waals surface area contributed by atoms with Crippen molar-refractivity contribution in [1.29, 1.82) is 0 Å². The Morgan fingerprint density at radius 2 is 1.67 bits per heavy atom. The topological polar surface area (TPSA) is 108 Å². The number of methoxy groups -OCH3 is 1. The highest BCUT2D eigenvalue weighted by Gasteiger charge is 2.35. The highest BCUT2D eigenvalue weighted by molar-refractivity contribution is 7.89. The summed E-state index contributed by atoms with van der Waals surface area (Å²) in [5.74, 6) is 0.283. The molecule has 0 radical (unpaired) electrons. The summed E-state index contributed by atoms with van der Waals surface area (Å²) >= 11 is 6.39. The lowest BCUT2D eigenvalue weighted by Crippen LogP contribution is -2.53. The van der Waals surface area contributed by atoms with E-state index in [-0.39, 0.29) is 27.6 Å². The van der Waals surface area contributed by atoms with Crippen LogP contribution in [0.5, 0.6) is 5.75 Å². The minimum absolute atomic E-state index is 0.0218. The van der Waals surface area contributed by atoms with Crippen LogP contribution in [0.3, 0.4) is 0 Å². The van der Waals surface area contributed by atoms with Crippen molar-refractivity contribution in [2.75, 3.05) is 26.7 Å². The van der Waals surface area contributed by atoms with Crippen LogP contribution in [0.15, 0.2) is 77.7 Å². The van der Waals surface area contributed by atoms with E-state index in [1.807, 2.05) is 56.3 Å². The number of halogens is 1. The summed E-state index contributed by atoms with van der Waals surface area (Å²) in [5, 5.41) is 18.5. The van der Waals surface area contributed by atoms with E-state index in [1.54, 1.807) is 7.11 Å². The zero-order valence-electron chi connectivity index (χ0n) is 27.2. The Kier molecular flexibility index (Phi) is 13.1. The molecule has 2 atom stereocenters. The van der Waals surface area contributed by atoms with Crippen molar-refractivity contribution < 1.29 is 23.1 Å². The summed E-state index contributed by atoms with van der Waals surface area (Å²) in [6.45, 7) is 4.84. The molecule has 1 saturated carbocycles. The number of sulfonamides is 1. The Bertz CT molecular complexity index is 1520. The van der Waals surface area contributed by atoms with E-state index in [2.05, 4.69) is 22.8 Å². The van der Waals surface area contributed by atoms with E-state index in [1.165, 1.54) is 22.5 Å². The minimum Gasteiger partial charge on any atom is -0.497 e. The average Bonchev–Trinajstić information content (AvgIpc) is 3.07. The highest BCUT2D eigenvalue weighted by atomic mass is 35.5. The molecule has 0 aliphatic heterocycles. The molecule has 0 spiro atoms. The molecule has 1 fully saturated rings. The fraction of sp³-hybridized carbons (Fsp3) is 0.472. The van der Waals surface area contributed by atoms with Gasteiger partial charge in [0, 0.05) is 35.8 Å². The summed E-state index contributed by atoms with van der Waals surface area (Å²) in [5.41, 5.74) is 1.87. The molecule has 0 bridgehead atoms. The number of carbonyl (C=O) groups excluding carboxylic acids is 1. The van der Waals surface area contributed by atoms with Gasteiger partial charge in [0.15, 0.2) is 0 Å². The molecule has 10 heteroatoms. The van der Waals surface area contributed by atoms with Crippen molar-refractivity contribution in [1.82, 2.24) is 14.9 Å². The van der Waals surface area contributed by atoms with Gasteiger partial charge in [0.1, 0.15) is 5.75 Å². The van der Waals surface area contributed by atoms with Crippen molar-refractivity contribution in [3.63, 3.8) is 0 Å². The molecule has 250 valence electrons. The Balaban J connectivity index is 1.59. The molecule has 4 rings (SSSR count). The SMILES string of the molecule is CCCN(CCC)S(=O)(=O)c1cc(Cl)cc(C(=O)N[C@@H](Cc2ccccc2)[C@H](O)CNC2(c3cccc(OC)c3)CCCCC2)c1. The number of benzene rings is 3. The largest absolute Gasteiger partial charge is 0.497 e. The van der Waals surface area contributed by atoms with Crippen LogP contribution in [-0.2, 0) is 22.0 Å². The third kappa shape index (κ3) is 9.10. The van der Waals surface area contributed by atoms with Gasteiger partial charge in [0.2, 0.25) is 10.0 Å². The predicted molar refractivity (Wildman–Crippen MR) is 184 cm³/mol. The number of ether oxygens (including phenoxy) is 1. The predicted octanol–water partition coefficient (Wildman–Crippen LogP) is 6.31. The molecular formula is C36H48ClN3O5S. The van der Waals surface area contributed by atoms with Gasteiger partial charge >= 0.3 is 0 Å². The molecule has 3 N–H and O–H groups in total. The molecule has 0 saturated heterocycles. The number of aliphatic hydroxyl groups excluding tert-OH is 1. The van der Waals surface area contributed by atoms with Crippen LogP contribution in [0.1, 0.15) is 80.3 Å². The van der Waals surface area contributed by atoms with Crippen molar-refractivity contribution >= 4 is 27.5 Å². The normalized spacial score (nSPS) is 16.1. The summed E-state index contributed by atoms with van der Waals surface area (Å²) in [6, 6.07) is 21.3. The van der Waals surface area contributed by atoms with E-state index in [9.17, 15) is 18.3 Å². The summed E-state index contributed by atoms with van der Waals surface area (Å²) in [7, 11) is -2.20. The van der Waals surface area contributed by atoms with Gasteiger partial charge in [0.05, 0.1) is 24.2 Å². The zero-order valence-corrected chi connectivity index (χ0v) is 28.7. The Hall–Kier alpha value is -2.95. The second kappa shape index (κ2) is 16.7. The fourth-order valence-electron chi connectivity index (χ4n) is 6.33. The van der Waals surface area contributed by atoms with Crippen molar-refractivity contribution in [3.05, 3.63) is 94.5 Å². The quantitative estimate of drug-likeness (QED) is 0.165.